The van der Waals surface area contributed by atoms with Gasteiger partial charge in [-0.25, -0.2) is 4.79 Å². The van der Waals surface area contributed by atoms with Crippen molar-refractivity contribution in [2.75, 3.05) is 12.4 Å². The minimum atomic E-state index is -0.356. The van der Waals surface area contributed by atoms with E-state index in [9.17, 15) is 4.79 Å². The van der Waals surface area contributed by atoms with Crippen LogP contribution in [0.25, 0.3) is 0 Å². The van der Waals surface area contributed by atoms with Gasteiger partial charge in [0, 0.05) is 10.5 Å². The standard InChI is InChI=1S/C19H20O3S/c1-10-7-11(2)17-15(13(10)4)19(9-21-17)5-6-23-14-8-12(3)22-18(20)16(14)19/h7-8H,5-6,9H2,1-4H3. The third kappa shape index (κ3) is 1.94. The molecule has 1 aromatic carbocycles. The van der Waals surface area contributed by atoms with E-state index in [4.69, 9.17) is 9.15 Å². The summed E-state index contributed by atoms with van der Waals surface area (Å²) in [6.07, 6.45) is 0.912. The lowest BCUT2D eigenvalue weighted by Crippen LogP contribution is -2.39. The van der Waals surface area contributed by atoms with Gasteiger partial charge in [0.05, 0.1) is 11.0 Å². The van der Waals surface area contributed by atoms with Crippen LogP contribution in [0.2, 0.25) is 0 Å². The first-order chi connectivity index (χ1) is 10.9. The highest BCUT2D eigenvalue weighted by Crippen LogP contribution is 2.53. The molecule has 0 amide bonds. The van der Waals surface area contributed by atoms with Crippen LogP contribution in [0.5, 0.6) is 5.75 Å². The van der Waals surface area contributed by atoms with E-state index in [0.717, 1.165) is 33.9 Å². The Hall–Kier alpha value is -1.68. The zero-order chi connectivity index (χ0) is 16.4. The first-order valence-corrected chi connectivity index (χ1v) is 8.95. The number of aryl methyl sites for hydroxylation is 3. The second kappa shape index (κ2) is 4.91. The monoisotopic (exact) mass is 328 g/mol. The van der Waals surface area contributed by atoms with Crippen LogP contribution in [0.4, 0.5) is 0 Å². The van der Waals surface area contributed by atoms with E-state index in [2.05, 4.69) is 26.8 Å². The Kier molecular flexibility index (Phi) is 3.17. The molecular weight excluding hydrogens is 308 g/mol. The van der Waals surface area contributed by atoms with E-state index >= 15 is 0 Å². The summed E-state index contributed by atoms with van der Waals surface area (Å²) in [6.45, 7) is 8.73. The van der Waals surface area contributed by atoms with E-state index in [-0.39, 0.29) is 11.0 Å². The molecule has 0 saturated carbocycles. The van der Waals surface area contributed by atoms with Gasteiger partial charge in [-0.05, 0) is 62.6 Å². The average molecular weight is 328 g/mol. The summed E-state index contributed by atoms with van der Waals surface area (Å²) in [5.41, 5.74) is 5.08. The topological polar surface area (TPSA) is 39.4 Å². The molecule has 1 aromatic heterocycles. The zero-order valence-corrected chi connectivity index (χ0v) is 14.7. The molecule has 2 aromatic rings. The Labute approximate surface area is 140 Å². The smallest absolute Gasteiger partial charge is 0.341 e. The van der Waals surface area contributed by atoms with Crippen molar-refractivity contribution in [3.05, 3.63) is 56.1 Å². The Morgan fingerprint density at radius 3 is 2.65 bits per heavy atom. The van der Waals surface area contributed by atoms with Gasteiger partial charge in [-0.1, -0.05) is 6.07 Å². The van der Waals surface area contributed by atoms with Crippen LogP contribution in [0, 0.1) is 27.7 Å². The molecule has 0 N–H and O–H groups in total. The quantitative estimate of drug-likeness (QED) is 0.731. The van der Waals surface area contributed by atoms with Crippen molar-refractivity contribution in [2.45, 2.75) is 44.4 Å². The summed E-state index contributed by atoms with van der Waals surface area (Å²) >= 11 is 1.75. The highest BCUT2D eigenvalue weighted by atomic mass is 32.2. The number of ether oxygens (including phenoxy) is 1. The van der Waals surface area contributed by atoms with E-state index < -0.39 is 0 Å². The predicted octanol–water partition coefficient (Wildman–Crippen LogP) is 4.05. The molecular formula is C19H20O3S. The maximum absolute atomic E-state index is 12.7. The van der Waals surface area contributed by atoms with Gasteiger partial charge in [0.2, 0.25) is 0 Å². The largest absolute Gasteiger partial charge is 0.492 e. The van der Waals surface area contributed by atoms with Gasteiger partial charge in [-0.2, -0.15) is 0 Å². The maximum Gasteiger partial charge on any atom is 0.341 e. The molecule has 0 bridgehead atoms. The molecule has 23 heavy (non-hydrogen) atoms. The summed E-state index contributed by atoms with van der Waals surface area (Å²) in [5.74, 6) is 2.63. The van der Waals surface area contributed by atoms with Crippen LogP contribution in [0.15, 0.2) is 26.2 Å². The van der Waals surface area contributed by atoms with Crippen molar-refractivity contribution in [3.63, 3.8) is 0 Å². The summed E-state index contributed by atoms with van der Waals surface area (Å²) in [4.78, 5) is 13.8. The van der Waals surface area contributed by atoms with E-state index in [1.807, 2.05) is 13.0 Å². The molecule has 2 aliphatic heterocycles. The van der Waals surface area contributed by atoms with Gasteiger partial charge in [-0.3, -0.25) is 0 Å². The number of rotatable bonds is 0. The lowest BCUT2D eigenvalue weighted by molar-refractivity contribution is 0.276. The van der Waals surface area contributed by atoms with Crippen LogP contribution >= 0.6 is 11.8 Å². The highest BCUT2D eigenvalue weighted by molar-refractivity contribution is 7.99. The third-order valence-corrected chi connectivity index (χ3v) is 6.27. The van der Waals surface area contributed by atoms with Crippen LogP contribution < -0.4 is 10.4 Å². The van der Waals surface area contributed by atoms with Crippen LogP contribution in [-0.2, 0) is 5.41 Å². The van der Waals surface area contributed by atoms with Crippen molar-refractivity contribution in [2.24, 2.45) is 0 Å². The molecule has 4 heteroatoms. The zero-order valence-electron chi connectivity index (χ0n) is 13.9. The lowest BCUT2D eigenvalue weighted by atomic mass is 9.71. The molecule has 1 spiro atoms. The molecule has 120 valence electrons. The summed E-state index contributed by atoms with van der Waals surface area (Å²) < 4.78 is 11.6. The minimum Gasteiger partial charge on any atom is -0.492 e. The molecule has 0 fully saturated rings. The van der Waals surface area contributed by atoms with Crippen LogP contribution in [0.3, 0.4) is 0 Å². The van der Waals surface area contributed by atoms with Crippen LogP contribution in [-0.4, -0.2) is 12.4 Å². The Morgan fingerprint density at radius 1 is 1.09 bits per heavy atom. The summed E-state index contributed by atoms with van der Waals surface area (Å²) in [6, 6.07) is 4.17. The first-order valence-electron chi connectivity index (χ1n) is 7.96. The lowest BCUT2D eigenvalue weighted by Gasteiger charge is -2.34. The molecule has 1 unspecified atom stereocenters. The van der Waals surface area contributed by atoms with Gasteiger partial charge in [0.1, 0.15) is 18.1 Å². The molecule has 2 aliphatic rings. The van der Waals surface area contributed by atoms with E-state index in [1.165, 1.54) is 16.7 Å². The fourth-order valence-electron chi connectivity index (χ4n) is 4.08. The number of hydrogen-bond acceptors (Lipinski definition) is 4. The number of hydrogen-bond donors (Lipinski definition) is 0. The number of benzene rings is 1. The van der Waals surface area contributed by atoms with Gasteiger partial charge < -0.3 is 9.15 Å². The molecule has 4 rings (SSSR count). The third-order valence-electron chi connectivity index (χ3n) is 5.23. The molecule has 0 aliphatic carbocycles. The van der Waals surface area contributed by atoms with Crippen molar-refractivity contribution < 1.29 is 9.15 Å². The summed E-state index contributed by atoms with van der Waals surface area (Å²) in [5, 5.41) is 0. The van der Waals surface area contributed by atoms with Crippen molar-refractivity contribution >= 4 is 11.8 Å². The van der Waals surface area contributed by atoms with E-state index in [0.29, 0.717) is 12.4 Å². The van der Waals surface area contributed by atoms with Crippen molar-refractivity contribution in [1.82, 2.24) is 0 Å². The summed E-state index contributed by atoms with van der Waals surface area (Å²) in [7, 11) is 0. The average Bonchev–Trinajstić information content (AvgIpc) is 2.84. The molecule has 1 atom stereocenters. The molecule has 3 heterocycles. The normalized spacial score (nSPS) is 21.9. The fraction of sp³-hybridized carbons (Fsp3) is 0.421. The molecule has 3 nitrogen and oxygen atoms in total. The molecule has 0 radical (unpaired) electrons. The first kappa shape index (κ1) is 14.9. The van der Waals surface area contributed by atoms with E-state index in [1.54, 1.807) is 11.8 Å². The maximum atomic E-state index is 12.7. The van der Waals surface area contributed by atoms with Gasteiger partial charge in [-0.15, -0.1) is 11.8 Å². The Morgan fingerprint density at radius 2 is 1.87 bits per heavy atom. The Bertz CT molecular complexity index is 881. The molecule has 0 saturated heterocycles. The minimum absolute atomic E-state index is 0.206. The Balaban J connectivity index is 2.08. The van der Waals surface area contributed by atoms with Gasteiger partial charge in [0.25, 0.3) is 0 Å². The van der Waals surface area contributed by atoms with Gasteiger partial charge >= 0.3 is 5.63 Å². The highest BCUT2D eigenvalue weighted by Gasteiger charge is 2.49. The number of fused-ring (bicyclic) bond motifs is 4. The van der Waals surface area contributed by atoms with Gasteiger partial charge in [0.15, 0.2) is 0 Å². The van der Waals surface area contributed by atoms with Crippen molar-refractivity contribution in [3.8, 4) is 5.75 Å². The second-order valence-corrected chi connectivity index (χ2v) is 7.83. The SMILES string of the molecule is Cc1cc2c(c(=O)o1)C1(CCS2)COc2c(C)cc(C)c(C)c21. The fourth-order valence-corrected chi connectivity index (χ4v) is 5.42. The number of thioether (sulfide) groups is 1. The van der Waals surface area contributed by atoms with Crippen molar-refractivity contribution in [1.29, 1.82) is 0 Å². The predicted molar refractivity (Wildman–Crippen MR) is 92.0 cm³/mol. The second-order valence-electron chi connectivity index (χ2n) is 6.69. The van der Waals surface area contributed by atoms with Crippen LogP contribution in [0.1, 0.15) is 40.0 Å².